The Morgan fingerprint density at radius 1 is 1.53 bits per heavy atom. The van der Waals surface area contributed by atoms with E-state index in [2.05, 4.69) is 4.98 Å². The predicted octanol–water partition coefficient (Wildman–Crippen LogP) is 1.17. The van der Waals surface area contributed by atoms with E-state index in [1.165, 1.54) is 11.8 Å². The van der Waals surface area contributed by atoms with Crippen molar-refractivity contribution in [1.29, 1.82) is 0 Å². The third-order valence-electron chi connectivity index (χ3n) is 2.14. The number of nitrogens with zero attached hydrogens (tertiary/aromatic N) is 1. The molecule has 2 aromatic rings. The number of fused-ring (bicyclic) bond motifs is 1. The molecule has 2 rings (SSSR count). The second-order valence-corrected chi connectivity index (χ2v) is 4.15. The summed E-state index contributed by atoms with van der Waals surface area (Å²) < 4.78 is 1.96. The van der Waals surface area contributed by atoms with Crippen LogP contribution in [-0.4, -0.2) is 21.8 Å². The first-order valence-corrected chi connectivity index (χ1v) is 5.48. The SMILES string of the molecule is C[n+]1c(SCC(=O)O)[nH]c2ccccc21. The van der Waals surface area contributed by atoms with Crippen molar-refractivity contribution < 1.29 is 14.5 Å². The maximum absolute atomic E-state index is 10.5. The number of carbonyl (C=O) groups is 1. The first-order chi connectivity index (χ1) is 7.18. The van der Waals surface area contributed by atoms with Crippen molar-refractivity contribution in [3.63, 3.8) is 0 Å². The number of aryl methyl sites for hydroxylation is 1. The smallest absolute Gasteiger partial charge is 0.317 e. The Bertz CT molecular complexity index is 507. The Morgan fingerprint density at radius 2 is 2.27 bits per heavy atom. The van der Waals surface area contributed by atoms with Crippen molar-refractivity contribution in [3.8, 4) is 0 Å². The molecule has 0 aliphatic heterocycles. The van der Waals surface area contributed by atoms with Crippen LogP contribution < -0.4 is 4.57 Å². The lowest BCUT2D eigenvalue weighted by Gasteiger charge is -1.91. The van der Waals surface area contributed by atoms with E-state index in [9.17, 15) is 4.79 Å². The Labute approximate surface area is 90.9 Å². The van der Waals surface area contributed by atoms with Crippen LogP contribution in [-0.2, 0) is 11.8 Å². The molecule has 1 heterocycles. The first kappa shape index (κ1) is 10.0. The van der Waals surface area contributed by atoms with Crippen molar-refractivity contribution in [2.75, 3.05) is 5.75 Å². The molecular weight excluding hydrogens is 212 g/mol. The van der Waals surface area contributed by atoms with Gasteiger partial charge in [-0.15, -0.1) is 0 Å². The minimum atomic E-state index is -0.807. The summed E-state index contributed by atoms with van der Waals surface area (Å²) in [5.41, 5.74) is 2.10. The normalized spacial score (nSPS) is 10.7. The Kier molecular flexibility index (Phi) is 2.64. The second kappa shape index (κ2) is 3.94. The summed E-state index contributed by atoms with van der Waals surface area (Å²) in [6.07, 6.45) is 0. The van der Waals surface area contributed by atoms with Crippen LogP contribution in [0.15, 0.2) is 29.4 Å². The van der Waals surface area contributed by atoms with Crippen molar-refractivity contribution in [2.45, 2.75) is 5.16 Å². The second-order valence-electron chi connectivity index (χ2n) is 3.19. The standard InChI is InChI=1S/C10H10N2O2S/c1-12-8-5-3-2-4-7(8)11-10(12)15-6-9(13)14/h2-5H,6H2,1H3,(H,13,14)/p+1. The lowest BCUT2D eigenvalue weighted by molar-refractivity contribution is -0.683. The molecule has 0 spiro atoms. The number of imidazole rings is 1. The van der Waals surface area contributed by atoms with Gasteiger partial charge in [-0.1, -0.05) is 12.1 Å². The van der Waals surface area contributed by atoms with E-state index >= 15 is 0 Å². The Morgan fingerprint density at radius 3 is 2.93 bits per heavy atom. The van der Waals surface area contributed by atoms with Gasteiger partial charge in [-0.25, -0.2) is 9.55 Å². The minimum Gasteiger partial charge on any atom is -0.481 e. The molecule has 1 aromatic heterocycles. The molecule has 0 aliphatic carbocycles. The van der Waals surface area contributed by atoms with Gasteiger partial charge in [-0.2, -0.15) is 0 Å². The minimum absolute atomic E-state index is 0.0701. The van der Waals surface area contributed by atoms with Crippen LogP contribution >= 0.6 is 11.8 Å². The lowest BCUT2D eigenvalue weighted by Crippen LogP contribution is -2.29. The molecule has 15 heavy (non-hydrogen) atoms. The highest BCUT2D eigenvalue weighted by Gasteiger charge is 2.15. The molecule has 78 valence electrons. The lowest BCUT2D eigenvalue weighted by atomic mass is 10.3. The largest absolute Gasteiger partial charge is 0.481 e. The Hall–Kier alpha value is -1.49. The van der Waals surface area contributed by atoms with Gasteiger partial charge in [0.15, 0.2) is 11.0 Å². The number of thioether (sulfide) groups is 1. The average Bonchev–Trinajstić information content (AvgIpc) is 2.54. The summed E-state index contributed by atoms with van der Waals surface area (Å²) >= 11 is 1.29. The van der Waals surface area contributed by atoms with Gasteiger partial charge in [0.1, 0.15) is 5.75 Å². The number of rotatable bonds is 3. The van der Waals surface area contributed by atoms with Crippen molar-refractivity contribution in [2.24, 2.45) is 7.05 Å². The quantitative estimate of drug-likeness (QED) is 0.606. The van der Waals surface area contributed by atoms with E-state index < -0.39 is 5.97 Å². The number of para-hydroxylation sites is 2. The number of hydrogen-bond acceptors (Lipinski definition) is 2. The maximum Gasteiger partial charge on any atom is 0.317 e. The predicted molar refractivity (Wildman–Crippen MR) is 57.8 cm³/mol. The first-order valence-electron chi connectivity index (χ1n) is 4.50. The maximum atomic E-state index is 10.5. The van der Waals surface area contributed by atoms with Crippen LogP contribution in [0.25, 0.3) is 11.0 Å². The average molecular weight is 223 g/mol. The van der Waals surface area contributed by atoms with Crippen LogP contribution in [0.5, 0.6) is 0 Å². The van der Waals surface area contributed by atoms with Gasteiger partial charge < -0.3 is 5.11 Å². The van der Waals surface area contributed by atoms with E-state index in [-0.39, 0.29) is 5.75 Å². The van der Waals surface area contributed by atoms with Crippen LogP contribution in [0.3, 0.4) is 0 Å². The zero-order chi connectivity index (χ0) is 10.8. The topological polar surface area (TPSA) is 57.0 Å². The number of hydrogen-bond donors (Lipinski definition) is 2. The molecule has 0 unspecified atom stereocenters. The van der Waals surface area contributed by atoms with Crippen LogP contribution in [0, 0.1) is 0 Å². The highest BCUT2D eigenvalue weighted by atomic mass is 32.2. The number of H-pyrrole nitrogens is 1. The zero-order valence-electron chi connectivity index (χ0n) is 8.23. The van der Waals surface area contributed by atoms with E-state index in [4.69, 9.17) is 5.11 Å². The molecule has 0 saturated carbocycles. The molecule has 4 nitrogen and oxygen atoms in total. The van der Waals surface area contributed by atoms with Crippen molar-refractivity contribution >= 4 is 28.8 Å². The molecule has 0 fully saturated rings. The third-order valence-corrected chi connectivity index (χ3v) is 3.18. The number of aromatic amines is 1. The molecule has 5 heteroatoms. The van der Waals surface area contributed by atoms with E-state index in [1.54, 1.807) is 0 Å². The van der Waals surface area contributed by atoms with E-state index in [0.29, 0.717) is 0 Å². The van der Waals surface area contributed by atoms with Gasteiger partial charge in [-0.05, 0) is 23.9 Å². The monoisotopic (exact) mass is 223 g/mol. The third kappa shape index (κ3) is 1.97. The molecule has 2 N–H and O–H groups in total. The van der Waals surface area contributed by atoms with E-state index in [0.717, 1.165) is 16.2 Å². The summed E-state index contributed by atoms with van der Waals surface area (Å²) in [6.45, 7) is 0. The fourth-order valence-corrected chi connectivity index (χ4v) is 2.18. The van der Waals surface area contributed by atoms with Gasteiger partial charge in [0.05, 0.1) is 7.05 Å². The number of nitrogens with one attached hydrogen (secondary N) is 1. The fourth-order valence-electron chi connectivity index (χ4n) is 1.44. The van der Waals surface area contributed by atoms with Gasteiger partial charge in [0.25, 0.3) is 0 Å². The van der Waals surface area contributed by atoms with Crippen molar-refractivity contribution in [1.82, 2.24) is 4.98 Å². The summed E-state index contributed by atoms with van der Waals surface area (Å²) in [4.78, 5) is 13.6. The van der Waals surface area contributed by atoms with Crippen molar-refractivity contribution in [3.05, 3.63) is 24.3 Å². The molecule has 0 atom stereocenters. The summed E-state index contributed by atoms with van der Waals surface area (Å²) in [5, 5.41) is 9.46. The van der Waals surface area contributed by atoms with Gasteiger partial charge in [0.2, 0.25) is 0 Å². The number of benzene rings is 1. The molecule has 0 aliphatic rings. The van der Waals surface area contributed by atoms with E-state index in [1.807, 2.05) is 35.9 Å². The highest BCUT2D eigenvalue weighted by Crippen LogP contribution is 2.16. The summed E-state index contributed by atoms with van der Waals surface area (Å²) in [6, 6.07) is 7.88. The Balaban J connectivity index is 2.36. The molecule has 1 aromatic carbocycles. The van der Waals surface area contributed by atoms with Gasteiger partial charge >= 0.3 is 11.1 Å². The number of aromatic nitrogens is 2. The van der Waals surface area contributed by atoms with Crippen LogP contribution in [0.4, 0.5) is 0 Å². The fraction of sp³-hybridized carbons (Fsp3) is 0.200. The van der Waals surface area contributed by atoms with Crippen LogP contribution in [0.2, 0.25) is 0 Å². The molecule has 0 saturated heterocycles. The van der Waals surface area contributed by atoms with Gasteiger partial charge in [0, 0.05) is 0 Å². The number of carboxylic acid groups (broad SMARTS) is 1. The highest BCUT2D eigenvalue weighted by molar-refractivity contribution is 7.99. The zero-order valence-corrected chi connectivity index (χ0v) is 9.04. The number of carboxylic acids is 1. The van der Waals surface area contributed by atoms with Gasteiger partial charge in [-0.3, -0.25) is 4.79 Å². The molecule has 0 radical (unpaired) electrons. The van der Waals surface area contributed by atoms with Crippen LogP contribution in [0.1, 0.15) is 0 Å². The molecular formula is C10H11N2O2S+. The summed E-state index contributed by atoms with van der Waals surface area (Å²) in [7, 11) is 1.92. The number of aliphatic carboxylic acids is 1. The molecule has 0 amide bonds. The molecule has 0 bridgehead atoms. The summed E-state index contributed by atoms with van der Waals surface area (Å²) in [5.74, 6) is -0.737.